The summed E-state index contributed by atoms with van der Waals surface area (Å²) in [5, 5.41) is 4.53. The molecular formula is C13H26N2S. The SMILES string of the molecule is C1CCC(CNCCCN2CCCC2)SC1. The van der Waals surface area contributed by atoms with Crippen molar-refractivity contribution in [2.75, 3.05) is 38.5 Å². The lowest BCUT2D eigenvalue weighted by molar-refractivity contribution is 0.331. The molecular weight excluding hydrogens is 216 g/mol. The molecule has 0 aromatic rings. The summed E-state index contributed by atoms with van der Waals surface area (Å²) in [4.78, 5) is 2.61. The van der Waals surface area contributed by atoms with Gasteiger partial charge >= 0.3 is 0 Å². The van der Waals surface area contributed by atoms with Gasteiger partial charge in [0, 0.05) is 11.8 Å². The van der Waals surface area contributed by atoms with Gasteiger partial charge in [-0.05, 0) is 64.0 Å². The van der Waals surface area contributed by atoms with Crippen molar-refractivity contribution in [2.24, 2.45) is 0 Å². The van der Waals surface area contributed by atoms with Crippen LogP contribution in [0, 0.1) is 0 Å². The Morgan fingerprint density at radius 1 is 1.12 bits per heavy atom. The van der Waals surface area contributed by atoms with Crippen LogP contribution in [0.5, 0.6) is 0 Å². The first-order valence-electron chi connectivity index (χ1n) is 7.00. The van der Waals surface area contributed by atoms with E-state index in [2.05, 4.69) is 22.0 Å². The van der Waals surface area contributed by atoms with Crippen LogP contribution in [0.3, 0.4) is 0 Å². The second kappa shape index (κ2) is 7.57. The summed E-state index contributed by atoms with van der Waals surface area (Å²) in [7, 11) is 0. The van der Waals surface area contributed by atoms with Gasteiger partial charge < -0.3 is 10.2 Å². The molecule has 1 N–H and O–H groups in total. The summed E-state index contributed by atoms with van der Waals surface area (Å²) in [6.07, 6.45) is 8.50. The van der Waals surface area contributed by atoms with E-state index in [1.165, 1.54) is 77.0 Å². The monoisotopic (exact) mass is 242 g/mol. The lowest BCUT2D eigenvalue weighted by Gasteiger charge is -2.21. The van der Waals surface area contributed by atoms with Gasteiger partial charge in [-0.2, -0.15) is 11.8 Å². The molecule has 3 heteroatoms. The van der Waals surface area contributed by atoms with Crippen molar-refractivity contribution < 1.29 is 0 Å². The number of rotatable bonds is 6. The van der Waals surface area contributed by atoms with E-state index in [-0.39, 0.29) is 0 Å². The molecule has 2 aliphatic rings. The lowest BCUT2D eigenvalue weighted by Crippen LogP contribution is -2.30. The van der Waals surface area contributed by atoms with Crippen LogP contribution in [-0.4, -0.2) is 48.6 Å². The topological polar surface area (TPSA) is 15.3 Å². The quantitative estimate of drug-likeness (QED) is 0.720. The molecule has 0 aromatic heterocycles. The highest BCUT2D eigenvalue weighted by Crippen LogP contribution is 2.24. The van der Waals surface area contributed by atoms with E-state index in [1.54, 1.807) is 0 Å². The van der Waals surface area contributed by atoms with E-state index in [9.17, 15) is 0 Å². The molecule has 2 aliphatic heterocycles. The molecule has 2 heterocycles. The van der Waals surface area contributed by atoms with Crippen molar-refractivity contribution in [3.05, 3.63) is 0 Å². The maximum atomic E-state index is 3.63. The molecule has 2 nitrogen and oxygen atoms in total. The van der Waals surface area contributed by atoms with Gasteiger partial charge in [0.2, 0.25) is 0 Å². The Hall–Kier alpha value is 0.270. The second-order valence-corrected chi connectivity index (χ2v) is 6.50. The van der Waals surface area contributed by atoms with E-state index in [0.29, 0.717) is 0 Å². The average molecular weight is 242 g/mol. The van der Waals surface area contributed by atoms with Crippen molar-refractivity contribution >= 4 is 11.8 Å². The van der Waals surface area contributed by atoms with Gasteiger partial charge in [0.25, 0.3) is 0 Å². The standard InChI is InChI=1S/C13H26N2S/c1-4-11-16-13(6-1)12-14-7-5-10-15-8-2-3-9-15/h13-14H,1-12H2. The molecule has 16 heavy (non-hydrogen) atoms. The highest BCUT2D eigenvalue weighted by atomic mass is 32.2. The molecule has 0 bridgehead atoms. The third kappa shape index (κ3) is 4.64. The van der Waals surface area contributed by atoms with E-state index in [0.717, 1.165) is 5.25 Å². The molecule has 0 radical (unpaired) electrons. The van der Waals surface area contributed by atoms with Gasteiger partial charge in [-0.3, -0.25) is 0 Å². The number of thioether (sulfide) groups is 1. The van der Waals surface area contributed by atoms with Crippen molar-refractivity contribution in [3.63, 3.8) is 0 Å². The normalized spacial score (nSPS) is 27.4. The van der Waals surface area contributed by atoms with Crippen molar-refractivity contribution in [3.8, 4) is 0 Å². The average Bonchev–Trinajstić information content (AvgIpc) is 2.83. The Balaban J connectivity index is 1.42. The van der Waals surface area contributed by atoms with Crippen molar-refractivity contribution in [1.82, 2.24) is 10.2 Å². The van der Waals surface area contributed by atoms with Gasteiger partial charge in [0.1, 0.15) is 0 Å². The van der Waals surface area contributed by atoms with E-state index in [1.807, 2.05) is 0 Å². The van der Waals surface area contributed by atoms with Crippen LogP contribution < -0.4 is 5.32 Å². The number of nitrogens with zero attached hydrogens (tertiary/aromatic N) is 1. The molecule has 2 saturated heterocycles. The molecule has 2 fully saturated rings. The Kier molecular flexibility index (Phi) is 6.02. The molecule has 1 atom stereocenters. The fourth-order valence-corrected chi connectivity index (χ4v) is 3.94. The van der Waals surface area contributed by atoms with E-state index >= 15 is 0 Å². The fourth-order valence-electron chi connectivity index (χ4n) is 2.67. The highest BCUT2D eigenvalue weighted by molar-refractivity contribution is 7.99. The van der Waals surface area contributed by atoms with Gasteiger partial charge in [-0.1, -0.05) is 6.42 Å². The molecule has 0 amide bonds. The number of nitrogens with one attached hydrogen (secondary N) is 1. The Morgan fingerprint density at radius 3 is 2.75 bits per heavy atom. The number of likely N-dealkylation sites (tertiary alicyclic amines) is 1. The number of hydrogen-bond acceptors (Lipinski definition) is 3. The van der Waals surface area contributed by atoms with Crippen LogP contribution in [0.15, 0.2) is 0 Å². The maximum absolute atomic E-state index is 3.63. The van der Waals surface area contributed by atoms with Gasteiger partial charge in [-0.25, -0.2) is 0 Å². The Labute approximate surface area is 105 Å². The molecule has 1 unspecified atom stereocenters. The minimum atomic E-state index is 0.903. The Morgan fingerprint density at radius 2 is 2.00 bits per heavy atom. The molecule has 0 aliphatic carbocycles. The van der Waals surface area contributed by atoms with Crippen LogP contribution in [0.2, 0.25) is 0 Å². The summed E-state index contributed by atoms with van der Waals surface area (Å²) in [5.41, 5.74) is 0. The summed E-state index contributed by atoms with van der Waals surface area (Å²) in [6.45, 7) is 6.46. The molecule has 0 spiro atoms. The Bertz CT molecular complexity index is 175. The van der Waals surface area contributed by atoms with Crippen LogP contribution in [-0.2, 0) is 0 Å². The van der Waals surface area contributed by atoms with Crippen LogP contribution in [0.4, 0.5) is 0 Å². The smallest absolute Gasteiger partial charge is 0.0172 e. The van der Waals surface area contributed by atoms with Crippen LogP contribution in [0.25, 0.3) is 0 Å². The van der Waals surface area contributed by atoms with Crippen LogP contribution in [0.1, 0.15) is 38.5 Å². The third-order valence-corrected chi connectivity index (χ3v) is 5.07. The third-order valence-electron chi connectivity index (χ3n) is 3.67. The maximum Gasteiger partial charge on any atom is 0.0172 e. The molecule has 0 aromatic carbocycles. The molecule has 2 rings (SSSR count). The molecule has 94 valence electrons. The summed E-state index contributed by atoms with van der Waals surface area (Å²) in [6, 6.07) is 0. The predicted molar refractivity (Wildman–Crippen MR) is 73.3 cm³/mol. The lowest BCUT2D eigenvalue weighted by atomic mass is 10.2. The van der Waals surface area contributed by atoms with Gasteiger partial charge in [-0.15, -0.1) is 0 Å². The first-order chi connectivity index (χ1) is 7.95. The first-order valence-corrected chi connectivity index (χ1v) is 8.05. The van der Waals surface area contributed by atoms with Gasteiger partial charge in [0.05, 0.1) is 0 Å². The minimum absolute atomic E-state index is 0.903. The summed E-state index contributed by atoms with van der Waals surface area (Å²) < 4.78 is 0. The zero-order chi connectivity index (χ0) is 11.1. The highest BCUT2D eigenvalue weighted by Gasteiger charge is 2.13. The zero-order valence-corrected chi connectivity index (χ0v) is 11.2. The van der Waals surface area contributed by atoms with Gasteiger partial charge in [0.15, 0.2) is 0 Å². The minimum Gasteiger partial charge on any atom is -0.316 e. The van der Waals surface area contributed by atoms with E-state index < -0.39 is 0 Å². The van der Waals surface area contributed by atoms with Crippen molar-refractivity contribution in [1.29, 1.82) is 0 Å². The molecule has 0 saturated carbocycles. The largest absolute Gasteiger partial charge is 0.316 e. The number of hydrogen-bond donors (Lipinski definition) is 1. The zero-order valence-electron chi connectivity index (χ0n) is 10.4. The second-order valence-electron chi connectivity index (χ2n) is 5.10. The predicted octanol–water partition coefficient (Wildman–Crippen LogP) is 2.35. The van der Waals surface area contributed by atoms with Crippen LogP contribution >= 0.6 is 11.8 Å². The van der Waals surface area contributed by atoms with Crippen molar-refractivity contribution in [2.45, 2.75) is 43.8 Å². The van der Waals surface area contributed by atoms with E-state index in [4.69, 9.17) is 0 Å². The first kappa shape index (κ1) is 12.7. The summed E-state index contributed by atoms with van der Waals surface area (Å²) >= 11 is 2.17. The fraction of sp³-hybridized carbons (Fsp3) is 1.00. The summed E-state index contributed by atoms with van der Waals surface area (Å²) in [5.74, 6) is 1.39.